The van der Waals surface area contributed by atoms with Crippen molar-refractivity contribution in [3.8, 4) is 5.75 Å². The van der Waals surface area contributed by atoms with E-state index in [1.165, 1.54) is 37.7 Å². The number of ether oxygens (including phenoxy) is 1. The normalized spacial score (nSPS) is 28.3. The van der Waals surface area contributed by atoms with Gasteiger partial charge in [-0.25, -0.2) is 0 Å². The molecule has 1 N–H and O–H groups in total. The smallest absolute Gasteiger partial charge is 0.118 e. The molecule has 2 aliphatic carbocycles. The van der Waals surface area contributed by atoms with Crippen LogP contribution in [0.15, 0.2) is 24.3 Å². The summed E-state index contributed by atoms with van der Waals surface area (Å²) in [5, 5.41) is 3.82. The Kier molecular flexibility index (Phi) is 3.79. The van der Waals surface area contributed by atoms with Crippen molar-refractivity contribution in [2.45, 2.75) is 57.0 Å². The molecule has 0 spiro atoms. The van der Waals surface area contributed by atoms with E-state index in [4.69, 9.17) is 4.74 Å². The number of rotatable bonds is 5. The lowest BCUT2D eigenvalue weighted by Crippen LogP contribution is -2.48. The maximum atomic E-state index is 5.21. The van der Waals surface area contributed by atoms with Crippen molar-refractivity contribution in [1.82, 2.24) is 5.32 Å². The van der Waals surface area contributed by atoms with E-state index in [1.807, 2.05) is 0 Å². The lowest BCUT2D eigenvalue weighted by atomic mass is 9.74. The van der Waals surface area contributed by atoms with Crippen molar-refractivity contribution in [2.24, 2.45) is 5.92 Å². The van der Waals surface area contributed by atoms with Gasteiger partial charge in [0.05, 0.1) is 7.11 Å². The maximum Gasteiger partial charge on any atom is 0.118 e. The van der Waals surface area contributed by atoms with Gasteiger partial charge in [0.25, 0.3) is 0 Å². The van der Waals surface area contributed by atoms with Gasteiger partial charge in [0.2, 0.25) is 0 Å². The minimum atomic E-state index is 0.718. The fourth-order valence-corrected chi connectivity index (χ4v) is 3.35. The van der Waals surface area contributed by atoms with Gasteiger partial charge >= 0.3 is 0 Å². The summed E-state index contributed by atoms with van der Waals surface area (Å²) in [7, 11) is 1.72. The Balaban J connectivity index is 1.46. The molecule has 104 valence electrons. The van der Waals surface area contributed by atoms with E-state index >= 15 is 0 Å². The summed E-state index contributed by atoms with van der Waals surface area (Å²) in [6.07, 6.45) is 6.90. The van der Waals surface area contributed by atoms with Gasteiger partial charge in [0.15, 0.2) is 0 Å². The average molecular weight is 259 g/mol. The fourth-order valence-electron chi connectivity index (χ4n) is 3.35. The first kappa shape index (κ1) is 13.0. The zero-order valence-corrected chi connectivity index (χ0v) is 12.1. The molecule has 2 saturated carbocycles. The molecule has 0 saturated heterocycles. The van der Waals surface area contributed by atoms with E-state index in [0.29, 0.717) is 0 Å². The fraction of sp³-hybridized carbons (Fsp3) is 0.647. The summed E-state index contributed by atoms with van der Waals surface area (Å²) in [4.78, 5) is 0. The van der Waals surface area contributed by atoms with Crippen LogP contribution in [0.2, 0.25) is 0 Å². The Bertz CT molecular complexity index is 404. The lowest BCUT2D eigenvalue weighted by Gasteiger charge is -2.41. The van der Waals surface area contributed by atoms with Crippen LogP contribution in [-0.4, -0.2) is 19.2 Å². The number of nitrogens with one attached hydrogen (secondary N) is 1. The highest BCUT2D eigenvalue weighted by Crippen LogP contribution is 2.38. The summed E-state index contributed by atoms with van der Waals surface area (Å²) in [5.74, 6) is 2.65. The van der Waals surface area contributed by atoms with Crippen molar-refractivity contribution < 1.29 is 4.74 Å². The van der Waals surface area contributed by atoms with Crippen LogP contribution in [0.3, 0.4) is 0 Å². The quantitative estimate of drug-likeness (QED) is 0.870. The van der Waals surface area contributed by atoms with Gasteiger partial charge < -0.3 is 10.1 Å². The topological polar surface area (TPSA) is 21.3 Å². The third kappa shape index (κ3) is 2.79. The SMILES string of the molecule is COc1ccc(C2CC(NC(C)C3CCC3)C2)cc1. The standard InChI is InChI=1S/C17H25NO/c1-12(13-4-3-5-13)18-16-10-15(11-16)14-6-8-17(19-2)9-7-14/h6-9,12-13,15-16,18H,3-5,10-11H2,1-2H3. The van der Waals surface area contributed by atoms with E-state index in [2.05, 4.69) is 36.5 Å². The largest absolute Gasteiger partial charge is 0.497 e. The molecule has 2 aliphatic rings. The number of hydrogen-bond acceptors (Lipinski definition) is 2. The van der Waals surface area contributed by atoms with E-state index < -0.39 is 0 Å². The Labute approximate surface area is 116 Å². The number of methoxy groups -OCH3 is 1. The zero-order valence-electron chi connectivity index (χ0n) is 12.1. The first-order valence-corrected chi connectivity index (χ1v) is 7.66. The van der Waals surface area contributed by atoms with Gasteiger partial charge in [-0.2, -0.15) is 0 Å². The molecule has 0 heterocycles. The highest BCUT2D eigenvalue weighted by molar-refractivity contribution is 5.30. The number of benzene rings is 1. The third-order valence-electron chi connectivity index (χ3n) is 5.08. The monoisotopic (exact) mass is 259 g/mol. The van der Waals surface area contributed by atoms with E-state index in [1.54, 1.807) is 7.11 Å². The lowest BCUT2D eigenvalue weighted by molar-refractivity contribution is 0.188. The van der Waals surface area contributed by atoms with Crippen LogP contribution in [0.1, 0.15) is 50.5 Å². The van der Waals surface area contributed by atoms with Crippen LogP contribution >= 0.6 is 0 Å². The molecule has 0 aliphatic heterocycles. The van der Waals surface area contributed by atoms with Crippen molar-refractivity contribution in [1.29, 1.82) is 0 Å². The molecule has 1 atom stereocenters. The maximum absolute atomic E-state index is 5.21. The van der Waals surface area contributed by atoms with Gasteiger partial charge in [-0.3, -0.25) is 0 Å². The van der Waals surface area contributed by atoms with Gasteiger partial charge in [-0.15, -0.1) is 0 Å². The molecule has 1 aromatic carbocycles. The highest BCUT2D eigenvalue weighted by atomic mass is 16.5. The summed E-state index contributed by atoms with van der Waals surface area (Å²) in [6.45, 7) is 2.37. The second kappa shape index (κ2) is 5.54. The molecule has 0 bridgehead atoms. The molecule has 1 unspecified atom stereocenters. The Morgan fingerprint density at radius 2 is 1.84 bits per heavy atom. The Morgan fingerprint density at radius 3 is 2.37 bits per heavy atom. The first-order valence-electron chi connectivity index (χ1n) is 7.66. The van der Waals surface area contributed by atoms with Gasteiger partial charge in [0.1, 0.15) is 5.75 Å². The van der Waals surface area contributed by atoms with Crippen LogP contribution in [0.4, 0.5) is 0 Å². The van der Waals surface area contributed by atoms with Gasteiger partial charge in [-0.05, 0) is 62.1 Å². The van der Waals surface area contributed by atoms with Crippen molar-refractivity contribution >= 4 is 0 Å². The molecule has 2 heteroatoms. The van der Waals surface area contributed by atoms with Crippen molar-refractivity contribution in [3.63, 3.8) is 0 Å². The van der Waals surface area contributed by atoms with E-state index in [-0.39, 0.29) is 0 Å². The summed E-state index contributed by atoms with van der Waals surface area (Å²) >= 11 is 0. The summed E-state index contributed by atoms with van der Waals surface area (Å²) < 4.78 is 5.21. The average Bonchev–Trinajstić information content (AvgIpc) is 2.31. The molecule has 0 aromatic heterocycles. The second-order valence-corrected chi connectivity index (χ2v) is 6.28. The third-order valence-corrected chi connectivity index (χ3v) is 5.08. The molecule has 0 radical (unpaired) electrons. The Hall–Kier alpha value is -1.02. The molecule has 2 nitrogen and oxygen atoms in total. The van der Waals surface area contributed by atoms with Crippen LogP contribution in [0.5, 0.6) is 5.75 Å². The number of hydrogen-bond donors (Lipinski definition) is 1. The van der Waals surface area contributed by atoms with E-state index in [9.17, 15) is 0 Å². The zero-order chi connectivity index (χ0) is 13.2. The van der Waals surface area contributed by atoms with Gasteiger partial charge in [0, 0.05) is 12.1 Å². The van der Waals surface area contributed by atoms with Gasteiger partial charge in [-0.1, -0.05) is 18.6 Å². The minimum Gasteiger partial charge on any atom is -0.497 e. The van der Waals surface area contributed by atoms with Crippen LogP contribution in [-0.2, 0) is 0 Å². The molecule has 2 fully saturated rings. The molecule has 19 heavy (non-hydrogen) atoms. The summed E-state index contributed by atoms with van der Waals surface area (Å²) in [6, 6.07) is 10.0. The predicted molar refractivity (Wildman–Crippen MR) is 78.7 cm³/mol. The summed E-state index contributed by atoms with van der Waals surface area (Å²) in [5.41, 5.74) is 1.47. The highest BCUT2D eigenvalue weighted by Gasteiger charge is 2.33. The molecule has 0 amide bonds. The van der Waals surface area contributed by atoms with Crippen LogP contribution < -0.4 is 10.1 Å². The van der Waals surface area contributed by atoms with Crippen LogP contribution in [0, 0.1) is 5.92 Å². The first-order chi connectivity index (χ1) is 9.26. The minimum absolute atomic E-state index is 0.718. The van der Waals surface area contributed by atoms with Crippen molar-refractivity contribution in [3.05, 3.63) is 29.8 Å². The van der Waals surface area contributed by atoms with E-state index in [0.717, 1.165) is 29.7 Å². The molecule has 3 rings (SSSR count). The molecular weight excluding hydrogens is 234 g/mol. The van der Waals surface area contributed by atoms with Crippen LogP contribution in [0.25, 0.3) is 0 Å². The predicted octanol–water partition coefficient (Wildman–Crippen LogP) is 3.72. The molecule has 1 aromatic rings. The second-order valence-electron chi connectivity index (χ2n) is 6.28. The molecular formula is C17H25NO. The van der Waals surface area contributed by atoms with Crippen molar-refractivity contribution in [2.75, 3.05) is 7.11 Å². The Morgan fingerprint density at radius 1 is 1.16 bits per heavy atom.